The molecule has 0 N–H and O–H groups in total. The van der Waals surface area contributed by atoms with Gasteiger partial charge in [-0.25, -0.2) is 0 Å². The van der Waals surface area contributed by atoms with Crippen LogP contribution < -0.4 is 0 Å². The minimum Gasteiger partial charge on any atom is -0.374 e. The molecule has 124 valence electrons. The van der Waals surface area contributed by atoms with Crippen molar-refractivity contribution in [1.82, 2.24) is 0 Å². The van der Waals surface area contributed by atoms with Gasteiger partial charge in [0, 0.05) is 31.4 Å². The SMILES string of the molecule is CCO[Si](CCc1cc(C)ccc1C(C)=O)(OCC)OCC. The zero-order valence-electron chi connectivity index (χ0n) is 14.4. The van der Waals surface area contributed by atoms with Crippen LogP contribution >= 0.6 is 0 Å². The molecule has 0 aliphatic heterocycles. The molecule has 0 heterocycles. The Hall–Kier alpha value is -1.01. The zero-order chi connectivity index (χ0) is 16.6. The lowest BCUT2D eigenvalue weighted by molar-refractivity contribution is 0.0713. The third kappa shape index (κ3) is 5.32. The first-order valence-corrected chi connectivity index (χ1v) is 9.93. The number of rotatable bonds is 10. The number of benzene rings is 1. The van der Waals surface area contributed by atoms with Crippen molar-refractivity contribution >= 4 is 14.6 Å². The van der Waals surface area contributed by atoms with Crippen LogP contribution in [0.25, 0.3) is 0 Å². The van der Waals surface area contributed by atoms with E-state index < -0.39 is 8.80 Å². The summed E-state index contributed by atoms with van der Waals surface area (Å²) in [6.07, 6.45) is 0.725. The second kappa shape index (κ2) is 9.20. The fraction of sp³-hybridized carbons (Fsp3) is 0.588. The highest BCUT2D eigenvalue weighted by Gasteiger charge is 2.40. The summed E-state index contributed by atoms with van der Waals surface area (Å²) in [5.74, 6) is 0.0893. The summed E-state index contributed by atoms with van der Waals surface area (Å²) < 4.78 is 17.6. The van der Waals surface area contributed by atoms with Crippen LogP contribution in [0.4, 0.5) is 0 Å². The molecule has 0 unspecified atom stereocenters. The van der Waals surface area contributed by atoms with E-state index in [9.17, 15) is 4.79 Å². The van der Waals surface area contributed by atoms with Crippen molar-refractivity contribution in [3.63, 3.8) is 0 Å². The summed E-state index contributed by atoms with van der Waals surface area (Å²) in [5, 5.41) is 0. The van der Waals surface area contributed by atoms with E-state index in [1.165, 1.54) is 0 Å². The van der Waals surface area contributed by atoms with Gasteiger partial charge in [0.25, 0.3) is 0 Å². The molecule has 1 rings (SSSR count). The second-order valence-corrected chi connectivity index (χ2v) is 7.93. The molecule has 0 radical (unpaired) electrons. The number of carbonyl (C=O) groups excluding carboxylic acids is 1. The van der Waals surface area contributed by atoms with Crippen LogP contribution in [-0.2, 0) is 19.7 Å². The normalized spacial score (nSPS) is 11.7. The molecule has 0 saturated carbocycles. The summed E-state index contributed by atoms with van der Waals surface area (Å²) in [7, 11) is -2.66. The molecule has 1 aromatic carbocycles. The number of Topliss-reactive ketones (excluding diaryl/α,β-unsaturated/α-hetero) is 1. The Morgan fingerprint density at radius 2 is 1.59 bits per heavy atom. The van der Waals surface area contributed by atoms with Gasteiger partial charge in [-0.05, 0) is 46.6 Å². The minimum absolute atomic E-state index is 0.0893. The second-order valence-electron chi connectivity index (χ2n) is 5.20. The first-order chi connectivity index (χ1) is 10.5. The number of carbonyl (C=O) groups is 1. The maximum atomic E-state index is 11.8. The molecule has 0 saturated heterocycles. The first-order valence-electron chi connectivity index (χ1n) is 8.00. The van der Waals surface area contributed by atoms with Gasteiger partial charge in [0.2, 0.25) is 0 Å². The molecule has 0 fully saturated rings. The van der Waals surface area contributed by atoms with Gasteiger partial charge in [-0.3, -0.25) is 4.79 Å². The number of hydrogen-bond acceptors (Lipinski definition) is 4. The average Bonchev–Trinajstić information content (AvgIpc) is 2.46. The Morgan fingerprint density at radius 1 is 1.05 bits per heavy atom. The molecule has 0 bridgehead atoms. The molecule has 0 aliphatic carbocycles. The quantitative estimate of drug-likeness (QED) is 0.485. The van der Waals surface area contributed by atoms with Crippen LogP contribution in [0, 0.1) is 6.92 Å². The Bertz CT molecular complexity index is 471. The van der Waals surface area contributed by atoms with Crippen LogP contribution in [0.3, 0.4) is 0 Å². The summed E-state index contributed by atoms with van der Waals surface area (Å²) in [6.45, 7) is 11.2. The topological polar surface area (TPSA) is 44.8 Å². The van der Waals surface area contributed by atoms with Crippen molar-refractivity contribution in [2.75, 3.05) is 19.8 Å². The van der Waals surface area contributed by atoms with Crippen molar-refractivity contribution < 1.29 is 18.1 Å². The maximum Gasteiger partial charge on any atom is 0.501 e. The largest absolute Gasteiger partial charge is 0.501 e. The molecule has 4 nitrogen and oxygen atoms in total. The predicted molar refractivity (Wildman–Crippen MR) is 90.3 cm³/mol. The van der Waals surface area contributed by atoms with Gasteiger partial charge >= 0.3 is 8.80 Å². The first kappa shape index (κ1) is 19.0. The van der Waals surface area contributed by atoms with Gasteiger partial charge in [-0.2, -0.15) is 0 Å². The van der Waals surface area contributed by atoms with E-state index in [1.807, 2.05) is 39.8 Å². The summed E-state index contributed by atoms with van der Waals surface area (Å²) in [4.78, 5) is 11.8. The molecular weight excluding hydrogens is 296 g/mol. The van der Waals surface area contributed by atoms with E-state index >= 15 is 0 Å². The van der Waals surface area contributed by atoms with Crippen molar-refractivity contribution in [2.24, 2.45) is 0 Å². The van der Waals surface area contributed by atoms with E-state index in [-0.39, 0.29) is 5.78 Å². The molecule has 0 spiro atoms. The fourth-order valence-corrected chi connectivity index (χ4v) is 5.14. The molecule has 0 aromatic heterocycles. The van der Waals surface area contributed by atoms with Crippen molar-refractivity contribution in [3.05, 3.63) is 34.9 Å². The lowest BCUT2D eigenvalue weighted by atomic mass is 10.00. The average molecular weight is 324 g/mol. The monoisotopic (exact) mass is 324 g/mol. The summed E-state index contributed by atoms with van der Waals surface area (Å²) >= 11 is 0. The third-order valence-electron chi connectivity index (χ3n) is 3.43. The molecule has 5 heteroatoms. The van der Waals surface area contributed by atoms with E-state index in [4.69, 9.17) is 13.3 Å². The predicted octanol–water partition coefficient (Wildman–Crippen LogP) is 3.79. The zero-order valence-corrected chi connectivity index (χ0v) is 15.4. The fourth-order valence-electron chi connectivity index (χ4n) is 2.56. The summed E-state index contributed by atoms with van der Waals surface area (Å²) in [6, 6.07) is 6.63. The van der Waals surface area contributed by atoms with E-state index in [1.54, 1.807) is 6.92 Å². The van der Waals surface area contributed by atoms with Gasteiger partial charge in [-0.1, -0.05) is 23.8 Å². The maximum absolute atomic E-state index is 11.8. The van der Waals surface area contributed by atoms with E-state index in [0.29, 0.717) is 25.9 Å². The van der Waals surface area contributed by atoms with Crippen molar-refractivity contribution in [2.45, 2.75) is 47.1 Å². The minimum atomic E-state index is -2.66. The Morgan fingerprint density at radius 3 is 2.05 bits per heavy atom. The summed E-state index contributed by atoms with van der Waals surface area (Å²) in [5.41, 5.74) is 2.97. The Balaban J connectivity index is 2.96. The number of aryl methyl sites for hydroxylation is 2. The van der Waals surface area contributed by atoms with Crippen LogP contribution in [0.2, 0.25) is 6.04 Å². The van der Waals surface area contributed by atoms with Gasteiger partial charge in [-0.15, -0.1) is 0 Å². The molecule has 0 amide bonds. The number of ketones is 1. The van der Waals surface area contributed by atoms with Crippen molar-refractivity contribution in [1.29, 1.82) is 0 Å². The third-order valence-corrected chi connectivity index (χ3v) is 6.48. The number of hydrogen-bond donors (Lipinski definition) is 0. The van der Waals surface area contributed by atoms with Crippen LogP contribution in [-0.4, -0.2) is 34.4 Å². The smallest absolute Gasteiger partial charge is 0.374 e. The highest BCUT2D eigenvalue weighted by atomic mass is 28.4. The Kier molecular flexibility index (Phi) is 7.96. The van der Waals surface area contributed by atoms with E-state index in [0.717, 1.165) is 23.1 Å². The molecule has 22 heavy (non-hydrogen) atoms. The standard InChI is InChI=1S/C17H28O4Si/c1-6-19-22(20-7-2,21-8-3)12-11-16-13-14(4)9-10-17(16)15(5)18/h9-10,13H,6-8,11-12H2,1-5H3. The molecule has 0 aliphatic rings. The molecular formula is C17H28O4Si. The highest BCUT2D eigenvalue weighted by molar-refractivity contribution is 6.60. The van der Waals surface area contributed by atoms with Crippen LogP contribution in [0.5, 0.6) is 0 Å². The van der Waals surface area contributed by atoms with Crippen molar-refractivity contribution in [3.8, 4) is 0 Å². The lowest BCUT2D eigenvalue weighted by Crippen LogP contribution is -2.46. The van der Waals surface area contributed by atoms with Crippen LogP contribution in [0.1, 0.15) is 49.2 Å². The Labute approximate surface area is 135 Å². The van der Waals surface area contributed by atoms with Gasteiger partial charge < -0.3 is 13.3 Å². The van der Waals surface area contributed by atoms with Gasteiger partial charge in [0.1, 0.15) is 0 Å². The highest BCUT2D eigenvalue weighted by Crippen LogP contribution is 2.22. The van der Waals surface area contributed by atoms with Gasteiger partial charge in [0.05, 0.1) is 0 Å². The van der Waals surface area contributed by atoms with Crippen LogP contribution in [0.15, 0.2) is 18.2 Å². The lowest BCUT2D eigenvalue weighted by Gasteiger charge is -2.28. The molecule has 0 atom stereocenters. The van der Waals surface area contributed by atoms with Gasteiger partial charge in [0.15, 0.2) is 5.78 Å². The molecule has 1 aromatic rings. The van der Waals surface area contributed by atoms with E-state index in [2.05, 4.69) is 6.07 Å².